The molecule has 4 heterocycles. The monoisotopic (exact) mass is 498 g/mol. The van der Waals surface area contributed by atoms with Crippen molar-refractivity contribution in [3.05, 3.63) is 59.8 Å². The van der Waals surface area contributed by atoms with Crippen LogP contribution in [0.15, 0.2) is 48.7 Å². The van der Waals surface area contributed by atoms with E-state index < -0.39 is 17.8 Å². The summed E-state index contributed by atoms with van der Waals surface area (Å²) in [4.78, 5) is 15.2. The van der Waals surface area contributed by atoms with Crippen LogP contribution in [0.5, 0.6) is 0 Å². The van der Waals surface area contributed by atoms with Crippen LogP contribution in [0, 0.1) is 5.41 Å². The number of likely N-dealkylation sites (tertiary alicyclic amines) is 1. The van der Waals surface area contributed by atoms with Crippen molar-refractivity contribution in [3.63, 3.8) is 0 Å². The van der Waals surface area contributed by atoms with Gasteiger partial charge in [0.1, 0.15) is 0 Å². The van der Waals surface area contributed by atoms with E-state index in [1.165, 1.54) is 12.1 Å². The van der Waals surface area contributed by atoms with E-state index in [4.69, 9.17) is 4.74 Å². The molecule has 2 aliphatic heterocycles. The van der Waals surface area contributed by atoms with E-state index in [1.807, 2.05) is 12.3 Å². The molecule has 2 aromatic heterocycles. The van der Waals surface area contributed by atoms with Crippen molar-refractivity contribution in [1.82, 2.24) is 19.2 Å². The van der Waals surface area contributed by atoms with Gasteiger partial charge in [0.25, 0.3) is 5.91 Å². The standard InChI is InChI=1S/C26H25F3N4O3/c1-31-13-20-19-12-16(24(35)32-14-22(34)25(15-32)8-10-36-11-9-25)2-7-21(19)33(23(20)30-31)18-5-3-17(4-6-18)26(27,28)29/h2-7,12-13,22,34H,8-11,14-15H2,1H3. The average molecular weight is 499 g/mol. The molecule has 1 atom stereocenters. The van der Waals surface area contributed by atoms with E-state index >= 15 is 0 Å². The molecule has 2 saturated heterocycles. The third kappa shape index (κ3) is 3.58. The highest BCUT2D eigenvalue weighted by Crippen LogP contribution is 2.41. The van der Waals surface area contributed by atoms with Gasteiger partial charge in [-0.2, -0.15) is 18.3 Å². The SMILES string of the molecule is Cn1cc2c3cc(C(=O)N4CC(O)C5(CCOCC5)C4)ccc3n(-c3ccc(C(F)(F)F)cc3)c2n1. The van der Waals surface area contributed by atoms with Gasteiger partial charge < -0.3 is 14.7 Å². The number of aromatic nitrogens is 3. The summed E-state index contributed by atoms with van der Waals surface area (Å²) >= 11 is 0. The molecule has 188 valence electrons. The summed E-state index contributed by atoms with van der Waals surface area (Å²) in [5, 5.41) is 16.9. The van der Waals surface area contributed by atoms with Gasteiger partial charge in [0.15, 0.2) is 5.65 Å². The summed E-state index contributed by atoms with van der Waals surface area (Å²) in [5.74, 6) is -0.154. The van der Waals surface area contributed by atoms with E-state index in [-0.39, 0.29) is 17.9 Å². The number of β-amino-alcohol motifs (C(OH)–C–C–N with tert-alkyl or cyclic N) is 1. The first kappa shape index (κ1) is 23.1. The van der Waals surface area contributed by atoms with E-state index in [2.05, 4.69) is 5.10 Å². The number of fused-ring (bicyclic) bond motifs is 3. The molecule has 1 spiro atoms. The van der Waals surface area contributed by atoms with Crippen LogP contribution in [-0.2, 0) is 18.0 Å². The lowest BCUT2D eigenvalue weighted by atomic mass is 9.77. The summed E-state index contributed by atoms with van der Waals surface area (Å²) in [7, 11) is 1.77. The maximum atomic E-state index is 13.5. The Kier molecular flexibility index (Phi) is 5.17. The maximum absolute atomic E-state index is 13.5. The number of halogens is 3. The molecule has 36 heavy (non-hydrogen) atoms. The molecular formula is C26H25F3N4O3. The van der Waals surface area contributed by atoms with Crippen molar-refractivity contribution in [1.29, 1.82) is 0 Å². The van der Waals surface area contributed by atoms with Gasteiger partial charge in [0, 0.05) is 67.0 Å². The van der Waals surface area contributed by atoms with Gasteiger partial charge >= 0.3 is 6.18 Å². The third-order valence-electron chi connectivity index (χ3n) is 7.63. The van der Waals surface area contributed by atoms with Crippen LogP contribution in [0.25, 0.3) is 27.6 Å². The fourth-order valence-corrected chi connectivity index (χ4v) is 5.65. The van der Waals surface area contributed by atoms with Gasteiger partial charge in [-0.25, -0.2) is 0 Å². The molecule has 4 aromatic rings. The molecule has 2 aromatic carbocycles. The topological polar surface area (TPSA) is 72.5 Å². The maximum Gasteiger partial charge on any atom is 0.416 e. The van der Waals surface area contributed by atoms with Crippen LogP contribution < -0.4 is 0 Å². The minimum atomic E-state index is -4.42. The normalized spacial score (nSPS) is 20.1. The van der Waals surface area contributed by atoms with Crippen LogP contribution in [0.1, 0.15) is 28.8 Å². The number of ether oxygens (including phenoxy) is 1. The number of carbonyl (C=O) groups excluding carboxylic acids is 1. The third-order valence-corrected chi connectivity index (χ3v) is 7.63. The van der Waals surface area contributed by atoms with Gasteiger partial charge in [-0.15, -0.1) is 0 Å². The largest absolute Gasteiger partial charge is 0.416 e. The van der Waals surface area contributed by atoms with Crippen molar-refractivity contribution in [2.24, 2.45) is 12.5 Å². The van der Waals surface area contributed by atoms with E-state index in [9.17, 15) is 23.1 Å². The van der Waals surface area contributed by atoms with Gasteiger partial charge in [-0.1, -0.05) is 0 Å². The Bertz CT molecular complexity index is 1470. The minimum absolute atomic E-state index is 0.154. The smallest absolute Gasteiger partial charge is 0.391 e. The zero-order chi connectivity index (χ0) is 25.2. The Morgan fingerprint density at radius 2 is 1.83 bits per heavy atom. The lowest BCUT2D eigenvalue weighted by molar-refractivity contribution is -0.137. The van der Waals surface area contributed by atoms with Crippen LogP contribution in [-0.4, -0.2) is 62.7 Å². The summed E-state index contributed by atoms with van der Waals surface area (Å²) in [6.07, 6.45) is -1.71. The number of benzene rings is 2. The van der Waals surface area contributed by atoms with E-state index in [1.54, 1.807) is 33.3 Å². The zero-order valence-corrected chi connectivity index (χ0v) is 19.6. The summed E-state index contributed by atoms with van der Waals surface area (Å²) in [5.41, 5.74) is 1.34. The van der Waals surface area contributed by atoms with Crippen molar-refractivity contribution < 1.29 is 27.8 Å². The Hall–Kier alpha value is -3.37. The molecular weight excluding hydrogens is 473 g/mol. The average Bonchev–Trinajstić information content (AvgIpc) is 3.48. The fourth-order valence-electron chi connectivity index (χ4n) is 5.65. The molecule has 6 rings (SSSR count). The Balaban J connectivity index is 1.39. The van der Waals surface area contributed by atoms with E-state index in [0.29, 0.717) is 36.7 Å². The van der Waals surface area contributed by atoms with Gasteiger partial charge in [0.2, 0.25) is 0 Å². The second-order valence-electron chi connectivity index (χ2n) is 9.83. The minimum Gasteiger partial charge on any atom is -0.391 e. The number of alkyl halides is 3. The number of aliphatic hydroxyl groups excluding tert-OH is 1. The molecule has 0 radical (unpaired) electrons. The predicted molar refractivity (Wildman–Crippen MR) is 127 cm³/mol. The molecule has 7 nitrogen and oxygen atoms in total. The molecule has 10 heteroatoms. The van der Waals surface area contributed by atoms with Crippen LogP contribution in [0.3, 0.4) is 0 Å². The Morgan fingerprint density at radius 3 is 2.53 bits per heavy atom. The number of nitrogens with zero attached hydrogens (tertiary/aromatic N) is 4. The van der Waals surface area contributed by atoms with Crippen molar-refractivity contribution in [3.8, 4) is 5.69 Å². The number of hydrogen-bond acceptors (Lipinski definition) is 4. The number of rotatable bonds is 2. The summed E-state index contributed by atoms with van der Waals surface area (Å²) in [6.45, 7) is 1.94. The second-order valence-corrected chi connectivity index (χ2v) is 9.83. The number of hydrogen-bond donors (Lipinski definition) is 1. The highest BCUT2D eigenvalue weighted by Gasteiger charge is 2.48. The highest BCUT2D eigenvalue weighted by molar-refractivity contribution is 6.10. The molecule has 1 N–H and O–H groups in total. The van der Waals surface area contributed by atoms with Crippen LogP contribution in [0.4, 0.5) is 13.2 Å². The molecule has 1 unspecified atom stereocenters. The molecule has 1 amide bonds. The Labute approximate surface area is 204 Å². The molecule has 0 aliphatic carbocycles. The van der Waals surface area contributed by atoms with Gasteiger partial charge in [-0.05, 0) is 55.3 Å². The predicted octanol–water partition coefficient (Wildman–Crippen LogP) is 4.15. The molecule has 0 saturated carbocycles. The van der Waals surface area contributed by atoms with Gasteiger partial charge in [0.05, 0.1) is 17.2 Å². The van der Waals surface area contributed by atoms with Crippen LogP contribution >= 0.6 is 0 Å². The second kappa shape index (κ2) is 8.07. The lowest BCUT2D eigenvalue weighted by Crippen LogP contribution is -2.40. The summed E-state index contributed by atoms with van der Waals surface area (Å²) < 4.78 is 48.1. The first-order valence-corrected chi connectivity index (χ1v) is 11.9. The first-order chi connectivity index (χ1) is 17.2. The number of amides is 1. The fraction of sp³-hybridized carbons (Fsp3) is 0.385. The van der Waals surface area contributed by atoms with Gasteiger partial charge in [-0.3, -0.25) is 14.0 Å². The van der Waals surface area contributed by atoms with Crippen molar-refractivity contribution in [2.45, 2.75) is 25.1 Å². The highest BCUT2D eigenvalue weighted by atomic mass is 19.4. The number of aryl methyl sites for hydroxylation is 1. The zero-order valence-electron chi connectivity index (χ0n) is 19.6. The lowest BCUT2D eigenvalue weighted by Gasteiger charge is -2.35. The quantitative estimate of drug-likeness (QED) is 0.451. The molecule has 2 aliphatic rings. The first-order valence-electron chi connectivity index (χ1n) is 11.9. The number of aliphatic hydroxyl groups is 1. The Morgan fingerprint density at radius 1 is 1.11 bits per heavy atom. The van der Waals surface area contributed by atoms with Crippen LogP contribution in [0.2, 0.25) is 0 Å². The van der Waals surface area contributed by atoms with E-state index in [0.717, 1.165) is 41.3 Å². The summed E-state index contributed by atoms with van der Waals surface area (Å²) in [6, 6.07) is 10.3. The molecule has 2 fully saturated rings. The van der Waals surface area contributed by atoms with Crippen molar-refractivity contribution in [2.75, 3.05) is 26.3 Å². The molecule has 0 bridgehead atoms. The number of carbonyl (C=O) groups is 1. The van der Waals surface area contributed by atoms with Crippen molar-refractivity contribution >= 4 is 27.8 Å².